The third kappa shape index (κ3) is 3.50. The molecule has 24 heavy (non-hydrogen) atoms. The molecule has 2 aromatic carbocycles. The van der Waals surface area contributed by atoms with Crippen LogP contribution in [-0.4, -0.2) is 10.9 Å². The number of benzene rings is 2. The summed E-state index contributed by atoms with van der Waals surface area (Å²) in [6, 6.07) is 19.5. The third-order valence-electron chi connectivity index (χ3n) is 3.68. The van der Waals surface area contributed by atoms with Crippen molar-refractivity contribution in [2.75, 3.05) is 5.32 Å². The van der Waals surface area contributed by atoms with Gasteiger partial charge in [-0.25, -0.2) is 4.99 Å². The van der Waals surface area contributed by atoms with Gasteiger partial charge in [-0.15, -0.1) is 0 Å². The molecule has 0 aliphatic rings. The molecule has 2 N–H and O–H groups in total. The van der Waals surface area contributed by atoms with Gasteiger partial charge in [0.1, 0.15) is 0 Å². The van der Waals surface area contributed by atoms with Crippen LogP contribution in [0, 0.1) is 11.5 Å². The van der Waals surface area contributed by atoms with Gasteiger partial charge >= 0.3 is 0 Å². The summed E-state index contributed by atoms with van der Waals surface area (Å²) in [4.78, 5) is 8.93. The maximum absolute atomic E-state index is 9.02. The summed E-state index contributed by atoms with van der Waals surface area (Å²) >= 11 is 0. The summed E-state index contributed by atoms with van der Waals surface area (Å²) in [6.45, 7) is 1.99. The molecule has 0 radical (unpaired) electrons. The fourth-order valence-electron chi connectivity index (χ4n) is 2.49. The normalized spacial score (nSPS) is 12.4. The van der Waals surface area contributed by atoms with Crippen molar-refractivity contribution in [2.24, 2.45) is 4.99 Å². The van der Waals surface area contributed by atoms with E-state index in [9.17, 15) is 0 Å². The van der Waals surface area contributed by atoms with Crippen LogP contribution in [0.5, 0.6) is 0 Å². The van der Waals surface area contributed by atoms with Crippen LogP contribution in [0.2, 0.25) is 0 Å². The molecule has 0 bridgehead atoms. The second kappa shape index (κ2) is 7.25. The lowest BCUT2D eigenvalue weighted by Crippen LogP contribution is -2.27. The molecule has 3 aromatic rings. The molecule has 0 saturated carbocycles. The minimum atomic E-state index is -0.0809. The average molecular weight is 315 g/mol. The van der Waals surface area contributed by atoms with Crippen LogP contribution in [0.4, 0.5) is 5.69 Å². The van der Waals surface area contributed by atoms with Gasteiger partial charge in [0.15, 0.2) is 6.19 Å². The molecule has 0 unspecified atom stereocenters. The lowest BCUT2D eigenvalue weighted by Gasteiger charge is -2.13. The zero-order valence-corrected chi connectivity index (χ0v) is 13.3. The Bertz CT molecular complexity index is 891. The lowest BCUT2D eigenvalue weighted by molar-refractivity contribution is 0.813. The van der Waals surface area contributed by atoms with Gasteiger partial charge in [0.05, 0.1) is 17.2 Å². The first kappa shape index (κ1) is 15.5. The number of nitrogens with one attached hydrogen (secondary N) is 2. The standard InChI is InChI=1S/C19H17N5/c1-14(15-7-3-2-4-8-15)23-19(22-13-20)24-18-11-5-10-17-16(18)9-6-12-21-17/h2-12,14H,1H3,(H2,22,23,24)/t14-/m1/s1. The smallest absolute Gasteiger partial charge is 0.209 e. The highest BCUT2D eigenvalue weighted by Gasteiger charge is 2.08. The number of hydrogen-bond donors (Lipinski definition) is 2. The minimum absolute atomic E-state index is 0.0809. The van der Waals surface area contributed by atoms with Crippen molar-refractivity contribution in [3.63, 3.8) is 0 Å². The Morgan fingerprint density at radius 1 is 1.08 bits per heavy atom. The largest absolute Gasteiger partial charge is 0.325 e. The van der Waals surface area contributed by atoms with Crippen molar-refractivity contribution >= 4 is 22.5 Å². The summed E-state index contributed by atoms with van der Waals surface area (Å²) in [5, 5.41) is 15.8. The summed E-state index contributed by atoms with van der Waals surface area (Å²) in [5.74, 6) is 0.408. The van der Waals surface area contributed by atoms with Gasteiger partial charge in [-0.2, -0.15) is 5.26 Å². The van der Waals surface area contributed by atoms with Crippen LogP contribution in [-0.2, 0) is 0 Å². The maximum Gasteiger partial charge on any atom is 0.209 e. The minimum Gasteiger partial charge on any atom is -0.325 e. The summed E-state index contributed by atoms with van der Waals surface area (Å²) in [5.41, 5.74) is 2.81. The second-order valence-corrected chi connectivity index (χ2v) is 5.30. The Morgan fingerprint density at radius 2 is 1.92 bits per heavy atom. The topological polar surface area (TPSA) is 73.1 Å². The summed E-state index contributed by atoms with van der Waals surface area (Å²) in [7, 11) is 0. The van der Waals surface area contributed by atoms with E-state index in [2.05, 4.69) is 20.6 Å². The molecule has 0 amide bonds. The van der Waals surface area contributed by atoms with E-state index in [1.54, 1.807) is 6.20 Å². The Labute approximate surface area is 140 Å². The molecule has 1 atom stereocenters. The van der Waals surface area contributed by atoms with E-state index in [1.165, 1.54) is 0 Å². The van der Waals surface area contributed by atoms with Crippen molar-refractivity contribution in [3.8, 4) is 6.19 Å². The van der Waals surface area contributed by atoms with Crippen LogP contribution in [0.25, 0.3) is 10.9 Å². The zero-order chi connectivity index (χ0) is 16.8. The van der Waals surface area contributed by atoms with Gasteiger partial charge in [0.25, 0.3) is 0 Å². The quantitative estimate of drug-likeness (QED) is 0.333. The molecule has 5 heteroatoms. The van der Waals surface area contributed by atoms with Crippen LogP contribution in [0.1, 0.15) is 18.5 Å². The number of nitriles is 1. The number of anilines is 1. The highest BCUT2D eigenvalue weighted by molar-refractivity contribution is 6.02. The second-order valence-electron chi connectivity index (χ2n) is 5.30. The Morgan fingerprint density at radius 3 is 2.71 bits per heavy atom. The zero-order valence-electron chi connectivity index (χ0n) is 13.3. The van der Waals surface area contributed by atoms with Gasteiger partial charge in [-0.1, -0.05) is 36.4 Å². The Kier molecular flexibility index (Phi) is 4.68. The number of aromatic nitrogens is 1. The average Bonchev–Trinajstić information content (AvgIpc) is 2.63. The Hall–Kier alpha value is -3.39. The number of nitrogens with zero attached hydrogens (tertiary/aromatic N) is 3. The molecule has 1 heterocycles. The molecule has 1 aromatic heterocycles. The van der Waals surface area contributed by atoms with Gasteiger partial charge < -0.3 is 5.32 Å². The maximum atomic E-state index is 9.02. The molecule has 3 rings (SSSR count). The van der Waals surface area contributed by atoms with E-state index in [-0.39, 0.29) is 6.04 Å². The molecule has 0 fully saturated rings. The third-order valence-corrected chi connectivity index (χ3v) is 3.68. The molecular formula is C19H17N5. The molecule has 0 aliphatic heterocycles. The number of rotatable bonds is 3. The first-order valence-corrected chi connectivity index (χ1v) is 7.66. The van der Waals surface area contributed by atoms with Crippen LogP contribution in [0.3, 0.4) is 0 Å². The number of hydrogen-bond acceptors (Lipinski definition) is 3. The molecule has 118 valence electrons. The van der Waals surface area contributed by atoms with E-state index >= 15 is 0 Å². The first-order valence-electron chi connectivity index (χ1n) is 7.66. The number of aliphatic imine (C=N–C) groups is 1. The fourth-order valence-corrected chi connectivity index (χ4v) is 2.49. The van der Waals surface area contributed by atoms with Gasteiger partial charge in [0.2, 0.25) is 5.96 Å². The molecule has 5 nitrogen and oxygen atoms in total. The van der Waals surface area contributed by atoms with Crippen molar-refractivity contribution < 1.29 is 0 Å². The van der Waals surface area contributed by atoms with Gasteiger partial charge in [0, 0.05) is 11.6 Å². The monoisotopic (exact) mass is 315 g/mol. The van der Waals surface area contributed by atoms with Crippen LogP contribution < -0.4 is 10.6 Å². The van der Waals surface area contributed by atoms with Crippen molar-refractivity contribution in [1.82, 2.24) is 10.3 Å². The summed E-state index contributed by atoms with van der Waals surface area (Å²) in [6.07, 6.45) is 3.69. The molecule has 0 saturated heterocycles. The highest BCUT2D eigenvalue weighted by Crippen LogP contribution is 2.22. The summed E-state index contributed by atoms with van der Waals surface area (Å²) < 4.78 is 0. The Balaban J connectivity index is 1.91. The molecular weight excluding hydrogens is 298 g/mol. The molecule has 0 aliphatic carbocycles. The van der Waals surface area contributed by atoms with Crippen molar-refractivity contribution in [1.29, 1.82) is 5.26 Å². The van der Waals surface area contributed by atoms with Crippen molar-refractivity contribution in [3.05, 3.63) is 72.4 Å². The first-order chi connectivity index (χ1) is 11.8. The van der Waals surface area contributed by atoms with E-state index in [0.29, 0.717) is 5.96 Å². The number of pyridine rings is 1. The SMILES string of the molecule is C[C@@H](N=C(NC#N)Nc1cccc2ncccc12)c1ccccc1. The highest BCUT2D eigenvalue weighted by atomic mass is 15.2. The van der Waals surface area contributed by atoms with Crippen molar-refractivity contribution in [2.45, 2.75) is 13.0 Å². The van der Waals surface area contributed by atoms with Gasteiger partial charge in [-0.05, 0) is 36.8 Å². The number of fused-ring (bicyclic) bond motifs is 1. The van der Waals surface area contributed by atoms with Crippen LogP contribution >= 0.6 is 0 Å². The van der Waals surface area contributed by atoms with Crippen LogP contribution in [0.15, 0.2) is 71.9 Å². The van der Waals surface area contributed by atoms with E-state index in [1.807, 2.05) is 73.8 Å². The fraction of sp³-hybridized carbons (Fsp3) is 0.105. The predicted molar refractivity (Wildman–Crippen MR) is 96.4 cm³/mol. The van der Waals surface area contributed by atoms with E-state index in [4.69, 9.17) is 5.26 Å². The van der Waals surface area contributed by atoms with E-state index < -0.39 is 0 Å². The predicted octanol–water partition coefficient (Wildman–Crippen LogP) is 3.83. The van der Waals surface area contributed by atoms with E-state index in [0.717, 1.165) is 22.2 Å². The van der Waals surface area contributed by atoms with Gasteiger partial charge in [-0.3, -0.25) is 10.3 Å². The number of guanidine groups is 1. The lowest BCUT2D eigenvalue weighted by atomic mass is 10.1. The molecule has 0 spiro atoms.